The lowest BCUT2D eigenvalue weighted by Crippen LogP contribution is -2.46. The van der Waals surface area contributed by atoms with Crippen molar-refractivity contribution in [2.24, 2.45) is 0 Å². The molecule has 6 nitrogen and oxygen atoms in total. The Balaban J connectivity index is 1.96. The van der Waals surface area contributed by atoms with Crippen LogP contribution in [0.4, 0.5) is 0 Å². The minimum Gasteiger partial charge on any atom is -0.353 e. The number of hydrogen-bond acceptors (Lipinski definition) is 5. The highest BCUT2D eigenvalue weighted by atomic mass is 32.1. The highest BCUT2D eigenvalue weighted by Gasteiger charge is 2.28. The van der Waals surface area contributed by atoms with E-state index in [1.165, 1.54) is 0 Å². The number of likely N-dealkylation sites (tertiary alicyclic amines) is 1. The lowest BCUT2D eigenvalue weighted by molar-refractivity contribution is -0.123. The second-order valence-corrected chi connectivity index (χ2v) is 9.72. The molecular weight excluding hydrogens is 372 g/mol. The lowest BCUT2D eigenvalue weighted by Gasteiger charge is -2.34. The van der Waals surface area contributed by atoms with Crippen LogP contribution in [-0.2, 0) is 4.79 Å². The van der Waals surface area contributed by atoms with Crippen molar-refractivity contribution in [1.29, 1.82) is 0 Å². The fraction of sp³-hybridized carbons (Fsp3) is 0.667. The van der Waals surface area contributed by atoms with Gasteiger partial charge in [-0.2, -0.15) is 0 Å². The van der Waals surface area contributed by atoms with Gasteiger partial charge in [0.15, 0.2) is 0 Å². The summed E-state index contributed by atoms with van der Waals surface area (Å²) >= 11 is 1.61. The number of carbonyl (C=O) groups excluding carboxylic acids is 1. The smallest absolute Gasteiger partial charge is 0.262 e. The molecule has 1 fully saturated rings. The van der Waals surface area contributed by atoms with Gasteiger partial charge in [-0.1, -0.05) is 13.8 Å². The average molecular weight is 405 g/mol. The van der Waals surface area contributed by atoms with Gasteiger partial charge >= 0.3 is 0 Å². The molecule has 1 atom stereocenters. The third-order valence-corrected chi connectivity index (χ3v) is 6.54. The third-order valence-electron chi connectivity index (χ3n) is 5.44. The number of carbonyl (C=O) groups is 1. The summed E-state index contributed by atoms with van der Waals surface area (Å²) in [5, 5.41) is 3.73. The Morgan fingerprint density at radius 2 is 2.00 bits per heavy atom. The number of fused-ring (bicyclic) bond motifs is 1. The van der Waals surface area contributed by atoms with Crippen LogP contribution >= 0.6 is 11.3 Å². The number of amides is 1. The Labute approximate surface area is 171 Å². The van der Waals surface area contributed by atoms with Crippen molar-refractivity contribution in [3.63, 3.8) is 0 Å². The molecule has 3 rings (SSSR count). The molecule has 0 bridgehead atoms. The van der Waals surface area contributed by atoms with E-state index >= 15 is 0 Å². The molecule has 154 valence electrons. The molecule has 1 unspecified atom stereocenters. The zero-order chi connectivity index (χ0) is 20.6. The quantitative estimate of drug-likeness (QED) is 0.830. The first-order valence-corrected chi connectivity index (χ1v) is 11.0. The van der Waals surface area contributed by atoms with E-state index in [2.05, 4.69) is 31.0 Å². The molecule has 1 amide bonds. The van der Waals surface area contributed by atoms with Crippen LogP contribution in [0.2, 0.25) is 0 Å². The van der Waals surface area contributed by atoms with E-state index < -0.39 is 0 Å². The molecule has 0 saturated carbocycles. The molecule has 0 aromatic carbocycles. The maximum absolute atomic E-state index is 13.5. The maximum atomic E-state index is 13.5. The van der Waals surface area contributed by atoms with Gasteiger partial charge < -0.3 is 5.32 Å². The number of aryl methyl sites for hydroxylation is 2. The second kappa shape index (κ2) is 8.33. The van der Waals surface area contributed by atoms with Crippen molar-refractivity contribution < 1.29 is 4.79 Å². The van der Waals surface area contributed by atoms with E-state index in [1.807, 2.05) is 25.3 Å². The molecule has 3 heterocycles. The molecule has 0 spiro atoms. The van der Waals surface area contributed by atoms with Crippen LogP contribution in [0.25, 0.3) is 10.2 Å². The predicted molar refractivity (Wildman–Crippen MR) is 115 cm³/mol. The summed E-state index contributed by atoms with van der Waals surface area (Å²) in [5.74, 6) is 1.07. The Bertz CT molecular complexity index is 929. The van der Waals surface area contributed by atoms with Gasteiger partial charge in [0.1, 0.15) is 10.7 Å². The molecule has 2 aromatic rings. The van der Waals surface area contributed by atoms with Crippen LogP contribution in [-0.4, -0.2) is 46.0 Å². The van der Waals surface area contributed by atoms with Gasteiger partial charge in [-0.3, -0.25) is 19.1 Å². The van der Waals surface area contributed by atoms with Crippen molar-refractivity contribution >= 4 is 27.5 Å². The number of aromatic nitrogens is 2. The molecule has 1 N–H and O–H groups in total. The van der Waals surface area contributed by atoms with Gasteiger partial charge in [0.05, 0.1) is 18.0 Å². The Kier molecular flexibility index (Phi) is 6.25. The van der Waals surface area contributed by atoms with Crippen molar-refractivity contribution in [3.05, 3.63) is 26.6 Å². The van der Waals surface area contributed by atoms with Gasteiger partial charge in [0.2, 0.25) is 5.91 Å². The summed E-state index contributed by atoms with van der Waals surface area (Å²) in [6.45, 7) is 14.2. The van der Waals surface area contributed by atoms with Crippen molar-refractivity contribution in [1.82, 2.24) is 19.8 Å². The molecular formula is C21H32N4O2S. The fourth-order valence-electron chi connectivity index (χ4n) is 4.04. The van der Waals surface area contributed by atoms with Gasteiger partial charge in [0.25, 0.3) is 5.56 Å². The maximum Gasteiger partial charge on any atom is 0.262 e. The van der Waals surface area contributed by atoms with E-state index in [-0.39, 0.29) is 29.5 Å². The largest absolute Gasteiger partial charge is 0.353 e. The van der Waals surface area contributed by atoms with Crippen molar-refractivity contribution in [3.8, 4) is 0 Å². The Morgan fingerprint density at radius 1 is 1.29 bits per heavy atom. The molecule has 7 heteroatoms. The zero-order valence-corrected chi connectivity index (χ0v) is 18.7. The van der Waals surface area contributed by atoms with E-state index in [9.17, 15) is 9.59 Å². The van der Waals surface area contributed by atoms with E-state index in [0.29, 0.717) is 13.1 Å². The predicted octanol–water partition coefficient (Wildman–Crippen LogP) is 3.36. The summed E-state index contributed by atoms with van der Waals surface area (Å²) in [7, 11) is 0. The Morgan fingerprint density at radius 3 is 2.64 bits per heavy atom. The topological polar surface area (TPSA) is 67.2 Å². The van der Waals surface area contributed by atoms with Crippen LogP contribution in [0, 0.1) is 13.8 Å². The minimum atomic E-state index is 0.0463. The van der Waals surface area contributed by atoms with Crippen LogP contribution in [0.5, 0.6) is 0 Å². The highest BCUT2D eigenvalue weighted by molar-refractivity contribution is 7.18. The summed E-state index contributed by atoms with van der Waals surface area (Å²) in [6, 6.07) is 0.196. The van der Waals surface area contributed by atoms with E-state index in [1.54, 1.807) is 11.3 Å². The fourth-order valence-corrected chi connectivity index (χ4v) is 5.07. The van der Waals surface area contributed by atoms with Crippen molar-refractivity contribution in [2.75, 3.05) is 19.6 Å². The molecule has 28 heavy (non-hydrogen) atoms. The summed E-state index contributed by atoms with van der Waals surface area (Å²) in [4.78, 5) is 34.8. The summed E-state index contributed by atoms with van der Waals surface area (Å²) in [5.41, 5.74) is 1.12. The molecule has 0 radical (unpaired) electrons. The van der Waals surface area contributed by atoms with Gasteiger partial charge in [0, 0.05) is 23.4 Å². The minimum absolute atomic E-state index is 0.0463. The van der Waals surface area contributed by atoms with Crippen molar-refractivity contribution in [2.45, 2.75) is 72.4 Å². The van der Waals surface area contributed by atoms with Gasteiger partial charge in [-0.15, -0.1) is 11.3 Å². The van der Waals surface area contributed by atoms with E-state index in [4.69, 9.17) is 4.98 Å². The average Bonchev–Trinajstić information content (AvgIpc) is 2.88. The first-order chi connectivity index (χ1) is 13.2. The summed E-state index contributed by atoms with van der Waals surface area (Å²) in [6.07, 6.45) is 1.92. The van der Waals surface area contributed by atoms with Crippen LogP contribution < -0.4 is 10.9 Å². The number of nitrogens with zero attached hydrogens (tertiary/aromatic N) is 3. The number of piperidine rings is 1. The van der Waals surface area contributed by atoms with E-state index in [0.717, 1.165) is 45.9 Å². The molecule has 1 aliphatic heterocycles. The SMILES string of the molecule is Cc1sc2nc(C(C)C)n(C3CCCN(CC(=O)NC(C)C)C3)c(=O)c2c1C. The lowest BCUT2D eigenvalue weighted by atomic mass is 10.0. The third kappa shape index (κ3) is 4.15. The Hall–Kier alpha value is -1.73. The van der Waals surface area contributed by atoms with Crippen LogP contribution in [0.15, 0.2) is 4.79 Å². The number of rotatable bonds is 5. The number of nitrogens with one attached hydrogen (secondary N) is 1. The molecule has 0 aliphatic carbocycles. The molecule has 2 aromatic heterocycles. The molecule has 1 aliphatic rings. The first kappa shape index (κ1) is 21.0. The molecule has 1 saturated heterocycles. The highest BCUT2D eigenvalue weighted by Crippen LogP contribution is 2.30. The van der Waals surface area contributed by atoms with Gasteiger partial charge in [-0.25, -0.2) is 4.98 Å². The van der Waals surface area contributed by atoms with Gasteiger partial charge in [-0.05, 0) is 52.6 Å². The zero-order valence-electron chi connectivity index (χ0n) is 17.8. The number of thiophene rings is 1. The van der Waals surface area contributed by atoms with Crippen LogP contribution in [0.1, 0.15) is 68.8 Å². The first-order valence-electron chi connectivity index (χ1n) is 10.2. The monoisotopic (exact) mass is 404 g/mol. The van der Waals surface area contributed by atoms with Crippen LogP contribution in [0.3, 0.4) is 0 Å². The second-order valence-electron chi connectivity index (χ2n) is 8.52. The summed E-state index contributed by atoms with van der Waals surface area (Å²) < 4.78 is 1.93. The number of hydrogen-bond donors (Lipinski definition) is 1. The normalized spacial score (nSPS) is 18.4. The standard InChI is InChI=1S/C21H32N4O2S/c1-12(2)19-23-20-18(14(5)15(6)28-20)21(27)25(19)16-8-7-9-24(10-16)11-17(26)22-13(3)4/h12-13,16H,7-11H2,1-6H3,(H,22,26).